The smallest absolute Gasteiger partial charge is 0.295 e. The second kappa shape index (κ2) is 10.9. The van der Waals surface area contributed by atoms with E-state index >= 15 is 0 Å². The number of carbonyl (C=O) groups is 2. The van der Waals surface area contributed by atoms with Gasteiger partial charge in [-0.3, -0.25) is 9.59 Å². The molecule has 1 aliphatic rings. The molecule has 0 spiro atoms. The molecule has 1 saturated heterocycles. The summed E-state index contributed by atoms with van der Waals surface area (Å²) in [5.74, 6) is 0.246. The van der Waals surface area contributed by atoms with E-state index in [2.05, 4.69) is 15.9 Å². The normalized spacial score (nSPS) is 16.8. The molecule has 0 aliphatic carbocycles. The summed E-state index contributed by atoms with van der Waals surface area (Å²) in [5, 5.41) is 11.2. The molecule has 1 amide bonds. The van der Waals surface area contributed by atoms with Crippen LogP contribution in [0.5, 0.6) is 17.2 Å². The summed E-state index contributed by atoms with van der Waals surface area (Å²) in [6.07, 6.45) is 0.471. The first-order valence-corrected chi connectivity index (χ1v) is 12.1. The molecule has 7 nitrogen and oxygen atoms in total. The number of aliphatic hydroxyl groups excluding tert-OH is 1. The summed E-state index contributed by atoms with van der Waals surface area (Å²) >= 11 is 3.38. The molecule has 4 rings (SSSR count). The van der Waals surface area contributed by atoms with Crippen molar-refractivity contribution in [1.29, 1.82) is 0 Å². The number of hydrogen-bond donors (Lipinski definition) is 1. The predicted molar refractivity (Wildman–Crippen MR) is 139 cm³/mol. The van der Waals surface area contributed by atoms with E-state index < -0.39 is 17.7 Å². The Balaban J connectivity index is 1.74. The Morgan fingerprint density at radius 2 is 1.56 bits per heavy atom. The van der Waals surface area contributed by atoms with Crippen molar-refractivity contribution >= 4 is 33.4 Å². The van der Waals surface area contributed by atoms with Crippen LogP contribution in [0.4, 0.5) is 0 Å². The number of nitrogens with zero attached hydrogens (tertiary/aromatic N) is 1. The van der Waals surface area contributed by atoms with Crippen molar-refractivity contribution in [2.45, 2.75) is 12.5 Å². The molecule has 1 fully saturated rings. The number of likely N-dealkylation sites (tertiary alicyclic amines) is 1. The molecule has 1 N–H and O–H groups in total. The van der Waals surface area contributed by atoms with Crippen LogP contribution >= 0.6 is 15.9 Å². The van der Waals surface area contributed by atoms with Gasteiger partial charge in [-0.05, 0) is 53.9 Å². The lowest BCUT2D eigenvalue weighted by Gasteiger charge is -2.25. The third kappa shape index (κ3) is 4.95. The number of ketones is 1. The summed E-state index contributed by atoms with van der Waals surface area (Å²) in [7, 11) is 4.70. The molecule has 0 bridgehead atoms. The number of carbonyl (C=O) groups excluding carboxylic acids is 2. The highest BCUT2D eigenvalue weighted by molar-refractivity contribution is 9.10. The van der Waals surface area contributed by atoms with Crippen LogP contribution in [0.15, 0.2) is 76.8 Å². The number of benzene rings is 3. The van der Waals surface area contributed by atoms with Crippen molar-refractivity contribution in [2.24, 2.45) is 0 Å². The second-order valence-electron chi connectivity index (χ2n) is 8.21. The molecule has 1 atom stereocenters. The summed E-state index contributed by atoms with van der Waals surface area (Å²) in [6, 6.07) is 18.9. The first kappa shape index (κ1) is 25.3. The van der Waals surface area contributed by atoms with Crippen molar-refractivity contribution in [1.82, 2.24) is 4.90 Å². The van der Waals surface area contributed by atoms with E-state index in [1.165, 1.54) is 4.90 Å². The van der Waals surface area contributed by atoms with Gasteiger partial charge in [0.1, 0.15) is 11.5 Å². The number of rotatable bonds is 8. The molecule has 3 aromatic rings. The average Bonchev–Trinajstić information content (AvgIpc) is 3.16. The summed E-state index contributed by atoms with van der Waals surface area (Å²) in [5.41, 5.74) is 2.12. The van der Waals surface area contributed by atoms with Crippen molar-refractivity contribution in [2.75, 3.05) is 27.9 Å². The Kier molecular flexibility index (Phi) is 7.64. The maximum atomic E-state index is 13.2. The van der Waals surface area contributed by atoms with E-state index in [0.29, 0.717) is 34.8 Å². The number of amides is 1. The van der Waals surface area contributed by atoms with E-state index in [4.69, 9.17) is 14.2 Å². The van der Waals surface area contributed by atoms with Gasteiger partial charge >= 0.3 is 0 Å². The fourth-order valence-corrected chi connectivity index (χ4v) is 4.56. The molecule has 0 radical (unpaired) electrons. The van der Waals surface area contributed by atoms with Gasteiger partial charge in [-0.1, -0.05) is 46.3 Å². The monoisotopic (exact) mass is 551 g/mol. The van der Waals surface area contributed by atoms with Gasteiger partial charge in [0.05, 0.1) is 32.9 Å². The minimum atomic E-state index is -0.750. The van der Waals surface area contributed by atoms with Crippen LogP contribution in [0.1, 0.15) is 22.7 Å². The van der Waals surface area contributed by atoms with Gasteiger partial charge in [0, 0.05) is 16.6 Å². The van der Waals surface area contributed by atoms with Crippen molar-refractivity contribution in [3.05, 3.63) is 93.5 Å². The third-order valence-corrected chi connectivity index (χ3v) is 6.71. The van der Waals surface area contributed by atoms with Gasteiger partial charge in [0.25, 0.3) is 11.7 Å². The van der Waals surface area contributed by atoms with Crippen LogP contribution < -0.4 is 14.2 Å². The molecule has 1 aliphatic heterocycles. The Labute approximate surface area is 218 Å². The van der Waals surface area contributed by atoms with Crippen molar-refractivity contribution < 1.29 is 28.9 Å². The molecular weight excluding hydrogens is 526 g/mol. The predicted octanol–water partition coefficient (Wildman–Crippen LogP) is 5.14. The van der Waals surface area contributed by atoms with Gasteiger partial charge in [0.2, 0.25) is 0 Å². The van der Waals surface area contributed by atoms with Crippen molar-refractivity contribution in [3.63, 3.8) is 0 Å². The zero-order chi connectivity index (χ0) is 25.8. The lowest BCUT2D eigenvalue weighted by atomic mass is 9.95. The highest BCUT2D eigenvalue weighted by Gasteiger charge is 2.45. The lowest BCUT2D eigenvalue weighted by molar-refractivity contribution is -0.139. The van der Waals surface area contributed by atoms with E-state index in [0.717, 1.165) is 10.0 Å². The summed E-state index contributed by atoms with van der Waals surface area (Å²) in [4.78, 5) is 27.9. The van der Waals surface area contributed by atoms with Gasteiger partial charge < -0.3 is 24.2 Å². The minimum absolute atomic E-state index is 0.0554. The fraction of sp³-hybridized carbons (Fsp3) is 0.214. The number of hydrogen-bond acceptors (Lipinski definition) is 6. The highest BCUT2D eigenvalue weighted by Crippen LogP contribution is 2.40. The first-order valence-electron chi connectivity index (χ1n) is 11.3. The SMILES string of the molecule is COc1ccc(C2C(=C(O)c3ccc(Br)cc3)C(=O)C(=O)N2CCc2ccc(OC)c(OC)c2)cc1. The average molecular weight is 552 g/mol. The summed E-state index contributed by atoms with van der Waals surface area (Å²) < 4.78 is 16.8. The Morgan fingerprint density at radius 3 is 2.17 bits per heavy atom. The van der Waals surface area contributed by atoms with Gasteiger partial charge in [-0.2, -0.15) is 0 Å². The van der Waals surface area contributed by atoms with Crippen LogP contribution in [0, 0.1) is 0 Å². The van der Waals surface area contributed by atoms with Gasteiger partial charge in [0.15, 0.2) is 11.5 Å². The molecule has 8 heteroatoms. The molecule has 1 heterocycles. The van der Waals surface area contributed by atoms with E-state index in [-0.39, 0.29) is 17.9 Å². The molecule has 3 aromatic carbocycles. The number of ether oxygens (including phenoxy) is 3. The number of aliphatic hydroxyl groups is 1. The van der Waals surface area contributed by atoms with Crippen LogP contribution in [0.2, 0.25) is 0 Å². The van der Waals surface area contributed by atoms with E-state index in [9.17, 15) is 14.7 Å². The second-order valence-corrected chi connectivity index (χ2v) is 9.13. The van der Waals surface area contributed by atoms with Gasteiger partial charge in [-0.25, -0.2) is 0 Å². The van der Waals surface area contributed by atoms with Crippen LogP contribution in [0.3, 0.4) is 0 Å². The topological polar surface area (TPSA) is 85.3 Å². The zero-order valence-corrected chi connectivity index (χ0v) is 21.7. The number of methoxy groups -OCH3 is 3. The molecule has 0 saturated carbocycles. The standard InChI is InChI=1S/C28H26BrNO6/c1-34-21-11-7-18(8-12-21)25-24(26(31)19-5-9-20(29)10-6-19)27(32)28(33)30(25)15-14-17-4-13-22(35-2)23(16-17)36-3/h4-13,16,25,31H,14-15H2,1-3H3. The van der Waals surface area contributed by atoms with Gasteiger partial charge in [-0.15, -0.1) is 0 Å². The van der Waals surface area contributed by atoms with E-state index in [1.807, 2.05) is 12.1 Å². The van der Waals surface area contributed by atoms with Crippen LogP contribution in [0.25, 0.3) is 5.76 Å². The van der Waals surface area contributed by atoms with Crippen LogP contribution in [-0.4, -0.2) is 49.6 Å². The minimum Gasteiger partial charge on any atom is -0.507 e. The largest absolute Gasteiger partial charge is 0.507 e. The molecule has 1 unspecified atom stereocenters. The molecule has 186 valence electrons. The maximum Gasteiger partial charge on any atom is 0.295 e. The van der Waals surface area contributed by atoms with Crippen molar-refractivity contribution in [3.8, 4) is 17.2 Å². The third-order valence-electron chi connectivity index (χ3n) is 6.18. The Morgan fingerprint density at radius 1 is 0.889 bits per heavy atom. The number of halogens is 1. The highest BCUT2D eigenvalue weighted by atomic mass is 79.9. The lowest BCUT2D eigenvalue weighted by Crippen LogP contribution is -2.31. The molecule has 0 aromatic heterocycles. The fourth-order valence-electron chi connectivity index (χ4n) is 4.29. The summed E-state index contributed by atoms with van der Waals surface area (Å²) in [6.45, 7) is 0.258. The quantitative estimate of drug-likeness (QED) is 0.237. The Bertz CT molecular complexity index is 1300. The maximum absolute atomic E-state index is 13.2. The Hall–Kier alpha value is -3.78. The van der Waals surface area contributed by atoms with E-state index in [1.54, 1.807) is 75.9 Å². The number of Topliss-reactive ketones (excluding diaryl/α,β-unsaturated/α-hetero) is 1. The molecular formula is C28H26BrNO6. The first-order chi connectivity index (χ1) is 17.4. The zero-order valence-electron chi connectivity index (χ0n) is 20.2. The van der Waals surface area contributed by atoms with Crippen LogP contribution in [-0.2, 0) is 16.0 Å². The molecule has 36 heavy (non-hydrogen) atoms.